The smallest absolute Gasteiger partial charge is 0.328 e. The van der Waals surface area contributed by atoms with Gasteiger partial charge in [-0.1, -0.05) is 53.5 Å². The predicted molar refractivity (Wildman–Crippen MR) is 109 cm³/mol. The number of imidazole rings is 1. The zero-order chi connectivity index (χ0) is 20.1. The number of aromatic nitrogens is 2. The van der Waals surface area contributed by atoms with Crippen molar-refractivity contribution in [3.8, 4) is 0 Å². The molecule has 1 unspecified atom stereocenters. The van der Waals surface area contributed by atoms with Crippen molar-refractivity contribution in [2.24, 2.45) is 0 Å². The standard InChI is InChI=1S/C21H16Cl2N2O3/c22-15-6-8-17(19(23)10-15)21(28)18(14-4-2-1-3-5-14)12-25-11-16(24-13-25)7-9-20(26)27/h1-11,13,18H,12H2,(H,26,27)/b9-7+. The molecular weight excluding hydrogens is 399 g/mol. The van der Waals surface area contributed by atoms with Gasteiger partial charge in [-0.25, -0.2) is 9.78 Å². The molecule has 0 bridgehead atoms. The van der Waals surface area contributed by atoms with Crippen molar-refractivity contribution in [3.63, 3.8) is 0 Å². The molecule has 0 aliphatic rings. The Labute approximate surface area is 171 Å². The van der Waals surface area contributed by atoms with Gasteiger partial charge in [0.05, 0.1) is 23.0 Å². The van der Waals surface area contributed by atoms with Gasteiger partial charge in [0.25, 0.3) is 0 Å². The van der Waals surface area contributed by atoms with E-state index in [2.05, 4.69) is 4.98 Å². The molecule has 1 aromatic heterocycles. The molecule has 7 heteroatoms. The van der Waals surface area contributed by atoms with Crippen LogP contribution in [0.4, 0.5) is 0 Å². The summed E-state index contributed by atoms with van der Waals surface area (Å²) >= 11 is 12.2. The summed E-state index contributed by atoms with van der Waals surface area (Å²) in [4.78, 5) is 28.1. The normalized spacial score (nSPS) is 12.2. The first-order valence-electron chi connectivity index (χ1n) is 8.41. The summed E-state index contributed by atoms with van der Waals surface area (Å²) in [6, 6.07) is 14.2. The van der Waals surface area contributed by atoms with Crippen LogP contribution in [0.5, 0.6) is 0 Å². The number of benzene rings is 2. The number of halogens is 2. The number of rotatable bonds is 7. The van der Waals surface area contributed by atoms with Crippen molar-refractivity contribution in [2.45, 2.75) is 12.5 Å². The Morgan fingerprint density at radius 1 is 1.14 bits per heavy atom. The zero-order valence-corrected chi connectivity index (χ0v) is 16.1. The van der Waals surface area contributed by atoms with Gasteiger partial charge in [0.2, 0.25) is 0 Å². The zero-order valence-electron chi connectivity index (χ0n) is 14.6. The van der Waals surface area contributed by atoms with E-state index in [0.717, 1.165) is 11.6 Å². The van der Waals surface area contributed by atoms with E-state index in [1.165, 1.54) is 6.08 Å². The molecule has 0 radical (unpaired) electrons. The SMILES string of the molecule is O=C(O)/C=C/c1cn(CC(C(=O)c2ccc(Cl)cc2Cl)c2ccccc2)cn1. The summed E-state index contributed by atoms with van der Waals surface area (Å²) in [5.74, 6) is -1.68. The second kappa shape index (κ2) is 8.87. The lowest BCUT2D eigenvalue weighted by atomic mass is 9.90. The molecule has 0 aliphatic carbocycles. The van der Waals surface area contributed by atoms with Crippen LogP contribution >= 0.6 is 23.2 Å². The number of ketones is 1. The van der Waals surface area contributed by atoms with Gasteiger partial charge in [0.1, 0.15) is 0 Å². The van der Waals surface area contributed by atoms with E-state index in [0.29, 0.717) is 27.8 Å². The second-order valence-electron chi connectivity index (χ2n) is 6.12. The van der Waals surface area contributed by atoms with Gasteiger partial charge in [0.15, 0.2) is 5.78 Å². The summed E-state index contributed by atoms with van der Waals surface area (Å²) in [5.41, 5.74) is 1.73. The second-order valence-corrected chi connectivity index (χ2v) is 6.96. The van der Waals surface area contributed by atoms with E-state index in [4.69, 9.17) is 28.3 Å². The Balaban J connectivity index is 1.92. The highest BCUT2D eigenvalue weighted by Crippen LogP contribution is 2.28. The van der Waals surface area contributed by atoms with E-state index >= 15 is 0 Å². The van der Waals surface area contributed by atoms with Crippen molar-refractivity contribution >= 4 is 41.0 Å². The molecule has 0 aliphatic heterocycles. The van der Waals surface area contributed by atoms with Gasteiger partial charge in [-0.3, -0.25) is 4.79 Å². The number of carbonyl (C=O) groups is 2. The first-order chi connectivity index (χ1) is 13.4. The summed E-state index contributed by atoms with van der Waals surface area (Å²) in [7, 11) is 0. The molecule has 1 heterocycles. The van der Waals surface area contributed by atoms with Crippen LogP contribution in [0.25, 0.3) is 6.08 Å². The Bertz CT molecular complexity index is 1030. The van der Waals surface area contributed by atoms with E-state index in [1.807, 2.05) is 30.3 Å². The summed E-state index contributed by atoms with van der Waals surface area (Å²) in [6.45, 7) is 0.329. The average Bonchev–Trinajstić information content (AvgIpc) is 3.12. The van der Waals surface area contributed by atoms with Gasteiger partial charge >= 0.3 is 5.97 Å². The average molecular weight is 415 g/mol. The van der Waals surface area contributed by atoms with Crippen molar-refractivity contribution < 1.29 is 14.7 Å². The van der Waals surface area contributed by atoms with Crippen LogP contribution in [-0.2, 0) is 11.3 Å². The topological polar surface area (TPSA) is 72.2 Å². The molecule has 28 heavy (non-hydrogen) atoms. The maximum Gasteiger partial charge on any atom is 0.328 e. The van der Waals surface area contributed by atoms with Gasteiger partial charge in [-0.15, -0.1) is 0 Å². The molecule has 5 nitrogen and oxygen atoms in total. The molecule has 0 spiro atoms. The van der Waals surface area contributed by atoms with Crippen molar-refractivity contribution in [1.29, 1.82) is 0 Å². The van der Waals surface area contributed by atoms with E-state index in [-0.39, 0.29) is 5.78 Å². The number of hydrogen-bond acceptors (Lipinski definition) is 3. The molecule has 1 atom stereocenters. The molecule has 0 saturated heterocycles. The minimum absolute atomic E-state index is 0.135. The number of Topliss-reactive ketones (excluding diaryl/α,β-unsaturated/α-hetero) is 1. The van der Waals surface area contributed by atoms with Crippen molar-refractivity contribution in [2.75, 3.05) is 0 Å². The maximum absolute atomic E-state index is 13.3. The van der Waals surface area contributed by atoms with Crippen LogP contribution < -0.4 is 0 Å². The van der Waals surface area contributed by atoms with Crippen LogP contribution in [-0.4, -0.2) is 26.4 Å². The van der Waals surface area contributed by atoms with Crippen LogP contribution in [0.1, 0.15) is 27.5 Å². The lowest BCUT2D eigenvalue weighted by molar-refractivity contribution is -0.131. The van der Waals surface area contributed by atoms with Crippen molar-refractivity contribution in [3.05, 3.63) is 94.0 Å². The molecular formula is C21H16Cl2N2O3. The largest absolute Gasteiger partial charge is 0.478 e. The van der Waals surface area contributed by atoms with E-state index < -0.39 is 11.9 Å². The lowest BCUT2D eigenvalue weighted by Gasteiger charge is -2.18. The number of carboxylic acids is 1. The van der Waals surface area contributed by atoms with E-state index in [9.17, 15) is 9.59 Å². The molecule has 142 valence electrons. The van der Waals surface area contributed by atoms with Crippen LogP contribution in [0.3, 0.4) is 0 Å². The number of hydrogen-bond donors (Lipinski definition) is 1. The Morgan fingerprint density at radius 2 is 1.89 bits per heavy atom. The van der Waals surface area contributed by atoms with Gasteiger partial charge in [-0.2, -0.15) is 0 Å². The Hall–Kier alpha value is -2.89. The predicted octanol–water partition coefficient (Wildman–Crippen LogP) is 4.95. The summed E-state index contributed by atoms with van der Waals surface area (Å²) < 4.78 is 1.75. The lowest BCUT2D eigenvalue weighted by Crippen LogP contribution is -2.19. The molecule has 0 fully saturated rings. The monoisotopic (exact) mass is 414 g/mol. The van der Waals surface area contributed by atoms with Crippen LogP contribution in [0, 0.1) is 0 Å². The third-order valence-corrected chi connectivity index (χ3v) is 4.71. The Kier molecular flexibility index (Phi) is 6.29. The third kappa shape index (κ3) is 4.88. The summed E-state index contributed by atoms with van der Waals surface area (Å²) in [6.07, 6.45) is 5.66. The van der Waals surface area contributed by atoms with Gasteiger partial charge in [0, 0.05) is 29.4 Å². The first kappa shape index (κ1) is 19.9. The minimum atomic E-state index is -1.05. The third-order valence-electron chi connectivity index (χ3n) is 4.16. The highest BCUT2D eigenvalue weighted by molar-refractivity contribution is 6.37. The molecule has 2 aromatic carbocycles. The van der Waals surface area contributed by atoms with Gasteiger partial charge in [-0.05, 0) is 29.8 Å². The molecule has 1 N–H and O–H groups in total. The van der Waals surface area contributed by atoms with Gasteiger partial charge < -0.3 is 9.67 Å². The Morgan fingerprint density at radius 3 is 2.57 bits per heavy atom. The number of nitrogens with zero attached hydrogens (tertiary/aromatic N) is 2. The summed E-state index contributed by atoms with van der Waals surface area (Å²) in [5, 5.41) is 9.49. The van der Waals surface area contributed by atoms with Crippen molar-refractivity contribution in [1.82, 2.24) is 9.55 Å². The molecule has 3 aromatic rings. The fourth-order valence-electron chi connectivity index (χ4n) is 2.83. The maximum atomic E-state index is 13.3. The molecule has 0 saturated carbocycles. The highest BCUT2D eigenvalue weighted by Gasteiger charge is 2.24. The molecule has 3 rings (SSSR count). The van der Waals surface area contributed by atoms with E-state index in [1.54, 1.807) is 35.3 Å². The van der Waals surface area contributed by atoms with Crippen LogP contribution in [0.2, 0.25) is 10.0 Å². The number of carbonyl (C=O) groups excluding carboxylic acids is 1. The fraction of sp³-hybridized carbons (Fsp3) is 0.0952. The molecule has 0 amide bonds. The number of carboxylic acid groups (broad SMARTS) is 1. The first-order valence-corrected chi connectivity index (χ1v) is 9.16. The quantitative estimate of drug-likeness (QED) is 0.438. The number of aliphatic carboxylic acids is 1. The minimum Gasteiger partial charge on any atom is -0.478 e. The highest BCUT2D eigenvalue weighted by atomic mass is 35.5. The van der Waals surface area contributed by atoms with Crippen LogP contribution in [0.15, 0.2) is 67.1 Å². The fourth-order valence-corrected chi connectivity index (χ4v) is 3.33.